The van der Waals surface area contributed by atoms with E-state index >= 15 is 0 Å². The Morgan fingerprint density at radius 2 is 1.86 bits per heavy atom. The number of hydrogen-bond acceptors (Lipinski definition) is 3. The predicted octanol–water partition coefficient (Wildman–Crippen LogP) is 2.16. The molecular weight excluding hydrogens is 268 g/mol. The van der Waals surface area contributed by atoms with Crippen molar-refractivity contribution in [3.05, 3.63) is 35.5 Å². The van der Waals surface area contributed by atoms with Crippen molar-refractivity contribution in [3.63, 3.8) is 0 Å². The first-order valence-corrected chi connectivity index (χ1v) is 7.13. The molecule has 1 fully saturated rings. The zero-order valence-corrected chi connectivity index (χ0v) is 12.0. The van der Waals surface area contributed by atoms with Crippen molar-refractivity contribution in [3.8, 4) is 0 Å². The van der Waals surface area contributed by atoms with Crippen LogP contribution in [0, 0.1) is 37.5 Å². The third-order valence-electron chi connectivity index (χ3n) is 4.40. The Hall–Kier alpha value is -2.17. The summed E-state index contributed by atoms with van der Waals surface area (Å²) in [5, 5.41) is 12.2. The van der Waals surface area contributed by atoms with Crippen LogP contribution in [0.5, 0.6) is 0 Å². The Morgan fingerprint density at radius 3 is 2.48 bits per heavy atom. The number of aryl methyl sites for hydroxylation is 2. The van der Waals surface area contributed by atoms with E-state index in [2.05, 4.69) is 10.3 Å². The highest BCUT2D eigenvalue weighted by molar-refractivity contribution is 5.95. The van der Waals surface area contributed by atoms with E-state index in [1.807, 2.05) is 32.1 Å². The number of nitrogens with one attached hydrogen (secondary N) is 1. The van der Waals surface area contributed by atoms with Crippen LogP contribution in [0.15, 0.2) is 24.3 Å². The molecule has 0 aliphatic heterocycles. The van der Waals surface area contributed by atoms with Gasteiger partial charge in [-0.1, -0.05) is 12.2 Å². The smallest absolute Gasteiger partial charge is 0.307 e. The average molecular weight is 286 g/mol. The largest absolute Gasteiger partial charge is 0.481 e. The number of pyridine rings is 1. The highest BCUT2D eigenvalue weighted by atomic mass is 16.4. The number of anilines is 1. The molecule has 4 atom stereocenters. The van der Waals surface area contributed by atoms with Crippen molar-refractivity contribution in [2.24, 2.45) is 23.7 Å². The van der Waals surface area contributed by atoms with Crippen LogP contribution < -0.4 is 5.32 Å². The van der Waals surface area contributed by atoms with Crippen LogP contribution >= 0.6 is 0 Å². The first-order chi connectivity index (χ1) is 9.95. The molecule has 1 heterocycles. The van der Waals surface area contributed by atoms with E-state index < -0.39 is 17.8 Å². The lowest BCUT2D eigenvalue weighted by Crippen LogP contribution is -2.36. The van der Waals surface area contributed by atoms with Gasteiger partial charge in [0.2, 0.25) is 5.91 Å². The molecule has 5 heteroatoms. The molecule has 2 aliphatic rings. The van der Waals surface area contributed by atoms with Crippen molar-refractivity contribution in [2.75, 3.05) is 5.32 Å². The summed E-state index contributed by atoms with van der Waals surface area (Å²) < 4.78 is 0. The molecule has 0 radical (unpaired) electrons. The van der Waals surface area contributed by atoms with E-state index in [4.69, 9.17) is 0 Å². The molecule has 2 aliphatic carbocycles. The molecule has 5 nitrogen and oxygen atoms in total. The molecule has 1 saturated carbocycles. The number of hydrogen-bond donors (Lipinski definition) is 2. The van der Waals surface area contributed by atoms with Gasteiger partial charge in [-0.2, -0.15) is 0 Å². The summed E-state index contributed by atoms with van der Waals surface area (Å²) >= 11 is 0. The lowest BCUT2D eigenvalue weighted by molar-refractivity contribution is -0.146. The molecule has 2 bridgehead atoms. The molecule has 0 spiro atoms. The van der Waals surface area contributed by atoms with Crippen LogP contribution in [0.2, 0.25) is 0 Å². The Bertz CT molecular complexity index is 618. The lowest BCUT2D eigenvalue weighted by Gasteiger charge is -2.23. The number of carbonyl (C=O) groups excluding carboxylic acids is 1. The summed E-state index contributed by atoms with van der Waals surface area (Å²) in [7, 11) is 0. The minimum absolute atomic E-state index is 0.0181. The number of allylic oxidation sites excluding steroid dienone is 2. The highest BCUT2D eigenvalue weighted by Gasteiger charge is 2.51. The molecule has 2 unspecified atom stereocenters. The number of carboxylic acid groups (broad SMARTS) is 1. The van der Waals surface area contributed by atoms with Crippen molar-refractivity contribution >= 4 is 17.7 Å². The van der Waals surface area contributed by atoms with Gasteiger partial charge in [-0.05, 0) is 49.8 Å². The standard InChI is InChI=1S/C16H18N2O3/c1-8-5-9(2)17-12(6-8)18-15(19)13-10-3-4-11(7-10)14(13)16(20)21/h3-6,10-11,13-14H,7H2,1-2H3,(H,20,21)(H,17,18,19)/t10?,11?,13-,14+/m0/s1. The Labute approximate surface area is 123 Å². The first-order valence-electron chi connectivity index (χ1n) is 7.13. The fourth-order valence-electron chi connectivity index (χ4n) is 3.63. The molecule has 1 aromatic heterocycles. The minimum Gasteiger partial charge on any atom is -0.481 e. The summed E-state index contributed by atoms with van der Waals surface area (Å²) in [6, 6.07) is 3.72. The van der Waals surface area contributed by atoms with Crippen LogP contribution in [0.3, 0.4) is 0 Å². The topological polar surface area (TPSA) is 79.3 Å². The number of amides is 1. The number of carbonyl (C=O) groups is 2. The molecular formula is C16H18N2O3. The number of aliphatic carboxylic acids is 1. The van der Waals surface area contributed by atoms with Gasteiger partial charge in [0.1, 0.15) is 5.82 Å². The van der Waals surface area contributed by atoms with E-state index in [-0.39, 0.29) is 17.7 Å². The Kier molecular flexibility index (Phi) is 3.27. The van der Waals surface area contributed by atoms with E-state index in [1.165, 1.54) is 0 Å². The zero-order chi connectivity index (χ0) is 15.1. The van der Waals surface area contributed by atoms with Crippen molar-refractivity contribution < 1.29 is 14.7 Å². The van der Waals surface area contributed by atoms with Crippen LogP contribution in [-0.2, 0) is 9.59 Å². The summed E-state index contributed by atoms with van der Waals surface area (Å²) in [5.41, 5.74) is 1.84. The number of nitrogens with zero attached hydrogens (tertiary/aromatic N) is 1. The second-order valence-corrected chi connectivity index (χ2v) is 6.00. The quantitative estimate of drug-likeness (QED) is 0.834. The maximum absolute atomic E-state index is 12.5. The van der Waals surface area contributed by atoms with Gasteiger partial charge in [0.25, 0.3) is 0 Å². The molecule has 2 N–H and O–H groups in total. The van der Waals surface area contributed by atoms with Gasteiger partial charge in [0.05, 0.1) is 11.8 Å². The third kappa shape index (κ3) is 2.44. The maximum Gasteiger partial charge on any atom is 0.307 e. The molecule has 0 saturated heterocycles. The zero-order valence-electron chi connectivity index (χ0n) is 12.0. The first kappa shape index (κ1) is 13.8. The van der Waals surface area contributed by atoms with Crippen molar-refractivity contribution in [1.29, 1.82) is 0 Å². The average Bonchev–Trinajstić information content (AvgIpc) is 2.96. The van der Waals surface area contributed by atoms with Gasteiger partial charge in [0.15, 0.2) is 0 Å². The van der Waals surface area contributed by atoms with Crippen molar-refractivity contribution in [1.82, 2.24) is 4.98 Å². The predicted molar refractivity (Wildman–Crippen MR) is 77.7 cm³/mol. The molecule has 110 valence electrons. The van der Waals surface area contributed by atoms with E-state index in [1.54, 1.807) is 6.07 Å². The summed E-state index contributed by atoms with van der Waals surface area (Å²) in [6.07, 6.45) is 4.67. The summed E-state index contributed by atoms with van der Waals surface area (Å²) in [5.74, 6) is -1.74. The van der Waals surface area contributed by atoms with Crippen LogP contribution in [0.4, 0.5) is 5.82 Å². The van der Waals surface area contributed by atoms with Gasteiger partial charge >= 0.3 is 5.97 Å². The second kappa shape index (κ2) is 4.98. The van der Waals surface area contributed by atoms with Crippen LogP contribution in [-0.4, -0.2) is 22.0 Å². The summed E-state index contributed by atoms with van der Waals surface area (Å²) in [6.45, 7) is 3.80. The number of carboxylic acids is 1. The van der Waals surface area contributed by atoms with Gasteiger partial charge in [-0.25, -0.2) is 4.98 Å². The number of aromatic nitrogens is 1. The molecule has 0 aromatic carbocycles. The van der Waals surface area contributed by atoms with Crippen molar-refractivity contribution in [2.45, 2.75) is 20.3 Å². The second-order valence-electron chi connectivity index (χ2n) is 6.00. The SMILES string of the molecule is Cc1cc(C)nc(NC(=O)[C@H]2C3C=CC(C3)[C@H]2C(=O)O)c1. The van der Waals surface area contributed by atoms with Gasteiger partial charge in [0, 0.05) is 5.69 Å². The maximum atomic E-state index is 12.5. The van der Waals surface area contributed by atoms with E-state index in [0.29, 0.717) is 5.82 Å². The number of fused-ring (bicyclic) bond motifs is 2. The van der Waals surface area contributed by atoms with Gasteiger partial charge in [-0.3, -0.25) is 9.59 Å². The van der Waals surface area contributed by atoms with Crippen LogP contribution in [0.1, 0.15) is 17.7 Å². The molecule has 1 aromatic rings. The Morgan fingerprint density at radius 1 is 1.19 bits per heavy atom. The molecule has 21 heavy (non-hydrogen) atoms. The lowest BCUT2D eigenvalue weighted by atomic mass is 9.82. The minimum atomic E-state index is -0.889. The monoisotopic (exact) mass is 286 g/mol. The number of rotatable bonds is 3. The fraction of sp³-hybridized carbons (Fsp3) is 0.438. The van der Waals surface area contributed by atoms with E-state index in [9.17, 15) is 14.7 Å². The molecule has 1 amide bonds. The van der Waals surface area contributed by atoms with E-state index in [0.717, 1.165) is 17.7 Å². The van der Waals surface area contributed by atoms with Gasteiger partial charge in [-0.15, -0.1) is 0 Å². The molecule has 3 rings (SSSR count). The Balaban J connectivity index is 1.82. The fourth-order valence-corrected chi connectivity index (χ4v) is 3.63. The van der Waals surface area contributed by atoms with Crippen LogP contribution in [0.25, 0.3) is 0 Å². The normalized spacial score (nSPS) is 29.6. The third-order valence-corrected chi connectivity index (χ3v) is 4.40. The summed E-state index contributed by atoms with van der Waals surface area (Å²) in [4.78, 5) is 28.2. The van der Waals surface area contributed by atoms with Gasteiger partial charge < -0.3 is 10.4 Å². The highest BCUT2D eigenvalue weighted by Crippen LogP contribution is 2.48.